The lowest BCUT2D eigenvalue weighted by Crippen LogP contribution is -2.41. The van der Waals surface area contributed by atoms with Crippen molar-refractivity contribution in [2.75, 3.05) is 11.5 Å². The molecule has 2 heteroatoms. The third-order valence-corrected chi connectivity index (χ3v) is 3.70. The van der Waals surface area contributed by atoms with Crippen LogP contribution in [0.5, 0.6) is 0 Å². The Kier molecular flexibility index (Phi) is 2.91. The van der Waals surface area contributed by atoms with Gasteiger partial charge in [0.2, 0.25) is 0 Å². The first-order valence-electron chi connectivity index (χ1n) is 4.75. The Labute approximate surface area is 83.9 Å². The van der Waals surface area contributed by atoms with Crippen LogP contribution in [0.2, 0.25) is 0 Å². The van der Waals surface area contributed by atoms with Crippen LogP contribution in [0, 0.1) is 0 Å². The molecule has 1 N–H and O–H groups in total. The van der Waals surface area contributed by atoms with Crippen LogP contribution in [0.15, 0.2) is 30.3 Å². The van der Waals surface area contributed by atoms with Crippen molar-refractivity contribution >= 4 is 11.8 Å². The molecule has 1 unspecified atom stereocenters. The van der Waals surface area contributed by atoms with E-state index in [0.29, 0.717) is 6.04 Å². The standard InChI is InChI=1S/C11H15NS/c1-9(12-11-7-13-8-11)10-5-3-2-4-6-10/h2-6,9,11-12H,7-8H2,1H3. The van der Waals surface area contributed by atoms with Gasteiger partial charge in [-0.1, -0.05) is 30.3 Å². The van der Waals surface area contributed by atoms with Gasteiger partial charge >= 0.3 is 0 Å². The van der Waals surface area contributed by atoms with Crippen molar-refractivity contribution in [2.24, 2.45) is 0 Å². The summed E-state index contributed by atoms with van der Waals surface area (Å²) >= 11 is 2.02. The summed E-state index contributed by atoms with van der Waals surface area (Å²) in [5.74, 6) is 2.55. The molecule has 0 bridgehead atoms. The molecule has 70 valence electrons. The maximum Gasteiger partial charge on any atom is 0.0295 e. The molecule has 1 nitrogen and oxygen atoms in total. The van der Waals surface area contributed by atoms with Gasteiger partial charge in [0.25, 0.3) is 0 Å². The number of benzene rings is 1. The molecule has 1 atom stereocenters. The maximum atomic E-state index is 3.61. The highest BCUT2D eigenvalue weighted by molar-refractivity contribution is 8.00. The first kappa shape index (κ1) is 9.10. The minimum atomic E-state index is 0.493. The Morgan fingerprint density at radius 2 is 2.00 bits per heavy atom. The van der Waals surface area contributed by atoms with Crippen molar-refractivity contribution < 1.29 is 0 Å². The number of thioether (sulfide) groups is 1. The maximum absolute atomic E-state index is 3.61. The summed E-state index contributed by atoms with van der Waals surface area (Å²) in [6.45, 7) is 2.23. The van der Waals surface area contributed by atoms with Gasteiger partial charge in [-0.2, -0.15) is 11.8 Å². The summed E-state index contributed by atoms with van der Waals surface area (Å²) in [6, 6.07) is 11.9. The normalized spacial score (nSPS) is 19.5. The van der Waals surface area contributed by atoms with Crippen molar-refractivity contribution in [2.45, 2.75) is 19.0 Å². The molecule has 1 heterocycles. The zero-order chi connectivity index (χ0) is 9.10. The van der Waals surface area contributed by atoms with Crippen LogP contribution in [-0.2, 0) is 0 Å². The third kappa shape index (κ3) is 2.26. The highest BCUT2D eigenvalue weighted by atomic mass is 32.2. The fraction of sp³-hybridized carbons (Fsp3) is 0.455. The molecule has 0 spiro atoms. The number of hydrogen-bond donors (Lipinski definition) is 1. The summed E-state index contributed by atoms with van der Waals surface area (Å²) in [7, 11) is 0. The first-order valence-corrected chi connectivity index (χ1v) is 5.90. The largest absolute Gasteiger partial charge is 0.306 e. The molecule has 1 saturated heterocycles. The van der Waals surface area contributed by atoms with Gasteiger partial charge in [-0.25, -0.2) is 0 Å². The fourth-order valence-corrected chi connectivity index (χ4v) is 2.19. The van der Waals surface area contributed by atoms with E-state index in [9.17, 15) is 0 Å². The monoisotopic (exact) mass is 193 g/mol. The van der Waals surface area contributed by atoms with E-state index in [1.54, 1.807) is 0 Å². The van der Waals surface area contributed by atoms with Gasteiger partial charge in [-0.05, 0) is 12.5 Å². The Bertz CT molecular complexity index is 256. The topological polar surface area (TPSA) is 12.0 Å². The predicted molar refractivity (Wildman–Crippen MR) is 59.1 cm³/mol. The third-order valence-electron chi connectivity index (χ3n) is 2.42. The van der Waals surface area contributed by atoms with E-state index < -0.39 is 0 Å². The molecule has 1 aliphatic heterocycles. The minimum Gasteiger partial charge on any atom is -0.306 e. The summed E-state index contributed by atoms with van der Waals surface area (Å²) in [5.41, 5.74) is 1.39. The first-order chi connectivity index (χ1) is 6.36. The average Bonchev–Trinajstić information content (AvgIpc) is 2.12. The van der Waals surface area contributed by atoms with E-state index in [1.165, 1.54) is 17.1 Å². The van der Waals surface area contributed by atoms with Crippen LogP contribution in [-0.4, -0.2) is 17.5 Å². The van der Waals surface area contributed by atoms with Crippen LogP contribution in [0.1, 0.15) is 18.5 Å². The lowest BCUT2D eigenvalue weighted by molar-refractivity contribution is 0.503. The second-order valence-electron chi connectivity index (χ2n) is 3.53. The van der Waals surface area contributed by atoms with Crippen molar-refractivity contribution in [3.05, 3.63) is 35.9 Å². The molecule has 0 aromatic heterocycles. The van der Waals surface area contributed by atoms with E-state index >= 15 is 0 Å². The van der Waals surface area contributed by atoms with Gasteiger partial charge in [0.05, 0.1) is 0 Å². The summed E-state index contributed by atoms with van der Waals surface area (Å²) < 4.78 is 0. The van der Waals surface area contributed by atoms with E-state index in [2.05, 4.69) is 42.6 Å². The molecule has 0 aliphatic carbocycles. The van der Waals surface area contributed by atoms with E-state index in [1.807, 2.05) is 11.8 Å². The number of nitrogens with one attached hydrogen (secondary N) is 1. The van der Waals surface area contributed by atoms with Crippen molar-refractivity contribution in [3.63, 3.8) is 0 Å². The zero-order valence-corrected chi connectivity index (χ0v) is 8.68. The minimum absolute atomic E-state index is 0.493. The highest BCUT2D eigenvalue weighted by Gasteiger charge is 2.19. The molecule has 13 heavy (non-hydrogen) atoms. The predicted octanol–water partition coefficient (Wildman–Crippen LogP) is 2.45. The Balaban J connectivity index is 1.92. The van der Waals surface area contributed by atoms with Crippen LogP contribution in [0.25, 0.3) is 0 Å². The van der Waals surface area contributed by atoms with E-state index in [4.69, 9.17) is 0 Å². The zero-order valence-electron chi connectivity index (χ0n) is 7.86. The number of hydrogen-bond acceptors (Lipinski definition) is 2. The smallest absolute Gasteiger partial charge is 0.0295 e. The van der Waals surface area contributed by atoms with Gasteiger partial charge < -0.3 is 5.32 Å². The van der Waals surface area contributed by atoms with E-state index in [0.717, 1.165) is 6.04 Å². The molecule has 0 radical (unpaired) electrons. The van der Waals surface area contributed by atoms with E-state index in [-0.39, 0.29) is 0 Å². The molecule has 1 aromatic rings. The second-order valence-corrected chi connectivity index (χ2v) is 4.61. The van der Waals surface area contributed by atoms with Gasteiger partial charge in [-0.3, -0.25) is 0 Å². The lowest BCUT2D eigenvalue weighted by atomic mass is 10.1. The number of rotatable bonds is 3. The quantitative estimate of drug-likeness (QED) is 0.791. The molecular weight excluding hydrogens is 178 g/mol. The molecule has 1 aliphatic rings. The molecule has 1 fully saturated rings. The van der Waals surface area contributed by atoms with Gasteiger partial charge in [-0.15, -0.1) is 0 Å². The Morgan fingerprint density at radius 3 is 2.54 bits per heavy atom. The molecular formula is C11H15NS. The fourth-order valence-electron chi connectivity index (χ4n) is 1.52. The molecule has 2 rings (SSSR count). The SMILES string of the molecule is CC(NC1CSC1)c1ccccc1. The van der Waals surface area contributed by atoms with Crippen LogP contribution in [0.4, 0.5) is 0 Å². The lowest BCUT2D eigenvalue weighted by Gasteiger charge is -2.29. The molecule has 0 saturated carbocycles. The van der Waals surface area contributed by atoms with Gasteiger partial charge in [0.15, 0.2) is 0 Å². The van der Waals surface area contributed by atoms with Crippen LogP contribution >= 0.6 is 11.8 Å². The molecule has 0 amide bonds. The highest BCUT2D eigenvalue weighted by Crippen LogP contribution is 2.21. The Morgan fingerprint density at radius 1 is 1.31 bits per heavy atom. The summed E-state index contributed by atoms with van der Waals surface area (Å²) in [6.07, 6.45) is 0. The summed E-state index contributed by atoms with van der Waals surface area (Å²) in [4.78, 5) is 0. The van der Waals surface area contributed by atoms with Crippen molar-refractivity contribution in [1.29, 1.82) is 0 Å². The van der Waals surface area contributed by atoms with Crippen molar-refractivity contribution in [3.8, 4) is 0 Å². The van der Waals surface area contributed by atoms with Gasteiger partial charge in [0, 0.05) is 23.6 Å². The molecule has 1 aromatic carbocycles. The summed E-state index contributed by atoms with van der Waals surface area (Å²) in [5, 5.41) is 3.61. The van der Waals surface area contributed by atoms with Crippen LogP contribution < -0.4 is 5.32 Å². The Hall–Kier alpha value is -0.470. The second kappa shape index (κ2) is 4.16. The van der Waals surface area contributed by atoms with Gasteiger partial charge in [0.1, 0.15) is 0 Å². The average molecular weight is 193 g/mol. The van der Waals surface area contributed by atoms with Crippen molar-refractivity contribution in [1.82, 2.24) is 5.32 Å². The van der Waals surface area contributed by atoms with Crippen LogP contribution in [0.3, 0.4) is 0 Å².